The first-order valence-electron chi connectivity index (χ1n) is 6.53. The molecule has 0 aromatic carbocycles. The third-order valence-electron chi connectivity index (χ3n) is 3.62. The van der Waals surface area contributed by atoms with Gasteiger partial charge < -0.3 is 9.84 Å². The summed E-state index contributed by atoms with van der Waals surface area (Å²) in [6, 6.07) is 0. The Hall–Kier alpha value is -0.940. The Labute approximate surface area is 101 Å². The summed E-state index contributed by atoms with van der Waals surface area (Å²) in [5.41, 5.74) is 0. The topological polar surface area (TPSA) is 60.2 Å². The standard InChI is InChI=1S/C12H19N3O2/c16-12-5-1-4-11-13-10(14-15(11)12)7-9-3-2-6-17-8-9/h9,12,16H,1-8H2. The molecule has 0 radical (unpaired) electrons. The second kappa shape index (κ2) is 4.74. The molecule has 1 fully saturated rings. The lowest BCUT2D eigenvalue weighted by molar-refractivity contribution is 0.0532. The number of aliphatic hydroxyl groups is 1. The Morgan fingerprint density at radius 1 is 1.35 bits per heavy atom. The maximum Gasteiger partial charge on any atom is 0.151 e. The molecule has 17 heavy (non-hydrogen) atoms. The number of aromatic nitrogens is 3. The fourth-order valence-corrected chi connectivity index (χ4v) is 2.69. The summed E-state index contributed by atoms with van der Waals surface area (Å²) >= 11 is 0. The van der Waals surface area contributed by atoms with Gasteiger partial charge in [0.05, 0.1) is 0 Å². The third kappa shape index (κ3) is 2.35. The van der Waals surface area contributed by atoms with Crippen molar-refractivity contribution in [3.8, 4) is 0 Å². The highest BCUT2D eigenvalue weighted by Crippen LogP contribution is 2.22. The van der Waals surface area contributed by atoms with Crippen molar-refractivity contribution in [3.63, 3.8) is 0 Å². The largest absolute Gasteiger partial charge is 0.381 e. The van der Waals surface area contributed by atoms with Gasteiger partial charge in [0.2, 0.25) is 0 Å². The number of fused-ring (bicyclic) bond motifs is 1. The molecule has 0 aliphatic carbocycles. The summed E-state index contributed by atoms with van der Waals surface area (Å²) in [4.78, 5) is 4.53. The molecule has 0 spiro atoms. The van der Waals surface area contributed by atoms with Crippen LogP contribution in [0.2, 0.25) is 0 Å². The van der Waals surface area contributed by atoms with Crippen molar-refractivity contribution < 1.29 is 9.84 Å². The van der Waals surface area contributed by atoms with E-state index in [1.54, 1.807) is 4.68 Å². The molecular weight excluding hydrogens is 218 g/mol. The molecule has 94 valence electrons. The zero-order chi connectivity index (χ0) is 11.7. The Kier molecular flexibility index (Phi) is 3.11. The first kappa shape index (κ1) is 11.2. The summed E-state index contributed by atoms with van der Waals surface area (Å²) < 4.78 is 7.16. The van der Waals surface area contributed by atoms with Crippen LogP contribution in [0.25, 0.3) is 0 Å². The molecule has 1 aromatic rings. The van der Waals surface area contributed by atoms with Crippen molar-refractivity contribution in [1.82, 2.24) is 14.8 Å². The van der Waals surface area contributed by atoms with Crippen LogP contribution in [0.5, 0.6) is 0 Å². The Bertz CT molecular complexity index is 385. The van der Waals surface area contributed by atoms with Crippen LogP contribution in [-0.2, 0) is 17.6 Å². The van der Waals surface area contributed by atoms with E-state index in [0.29, 0.717) is 5.92 Å². The van der Waals surface area contributed by atoms with Gasteiger partial charge in [0.15, 0.2) is 5.82 Å². The molecule has 1 aromatic heterocycles. The predicted molar refractivity (Wildman–Crippen MR) is 61.5 cm³/mol. The van der Waals surface area contributed by atoms with Crippen molar-refractivity contribution in [3.05, 3.63) is 11.6 Å². The normalized spacial score (nSPS) is 29.0. The molecule has 2 unspecified atom stereocenters. The first-order valence-corrected chi connectivity index (χ1v) is 6.53. The van der Waals surface area contributed by atoms with Crippen molar-refractivity contribution in [1.29, 1.82) is 0 Å². The molecule has 3 rings (SSSR count). The molecule has 2 aliphatic rings. The van der Waals surface area contributed by atoms with Crippen molar-refractivity contribution in [2.24, 2.45) is 5.92 Å². The van der Waals surface area contributed by atoms with Gasteiger partial charge in [0.25, 0.3) is 0 Å². The predicted octanol–water partition coefficient (Wildman–Crippen LogP) is 1.07. The van der Waals surface area contributed by atoms with Gasteiger partial charge in [-0.25, -0.2) is 9.67 Å². The SMILES string of the molecule is OC1CCCc2nc(CC3CCCOC3)nn21. The van der Waals surface area contributed by atoms with Gasteiger partial charge >= 0.3 is 0 Å². The Morgan fingerprint density at radius 3 is 3.06 bits per heavy atom. The second-order valence-corrected chi connectivity index (χ2v) is 5.05. The maximum absolute atomic E-state index is 9.82. The first-order chi connectivity index (χ1) is 8.33. The average Bonchev–Trinajstić information content (AvgIpc) is 2.74. The monoisotopic (exact) mass is 237 g/mol. The molecule has 1 saturated heterocycles. The van der Waals surface area contributed by atoms with Crippen LogP contribution >= 0.6 is 0 Å². The van der Waals surface area contributed by atoms with Gasteiger partial charge in [0, 0.05) is 26.1 Å². The van der Waals surface area contributed by atoms with E-state index in [2.05, 4.69) is 10.1 Å². The van der Waals surface area contributed by atoms with E-state index in [0.717, 1.165) is 57.0 Å². The molecule has 0 bridgehead atoms. The minimum Gasteiger partial charge on any atom is -0.381 e. The third-order valence-corrected chi connectivity index (χ3v) is 3.62. The Balaban J connectivity index is 1.71. The quantitative estimate of drug-likeness (QED) is 0.836. The number of hydrogen-bond donors (Lipinski definition) is 1. The number of hydrogen-bond acceptors (Lipinski definition) is 4. The van der Waals surface area contributed by atoms with Gasteiger partial charge in [-0.05, 0) is 31.6 Å². The smallest absolute Gasteiger partial charge is 0.151 e. The lowest BCUT2D eigenvalue weighted by atomic mass is 9.98. The highest BCUT2D eigenvalue weighted by atomic mass is 16.5. The lowest BCUT2D eigenvalue weighted by Crippen LogP contribution is -2.20. The average molecular weight is 237 g/mol. The van der Waals surface area contributed by atoms with Crippen LogP contribution in [-0.4, -0.2) is 33.1 Å². The van der Waals surface area contributed by atoms with Crippen molar-refractivity contribution in [2.75, 3.05) is 13.2 Å². The molecule has 5 heteroatoms. The molecule has 0 saturated carbocycles. The number of nitrogens with zero attached hydrogens (tertiary/aromatic N) is 3. The molecule has 2 atom stereocenters. The van der Waals surface area contributed by atoms with Crippen LogP contribution in [0.15, 0.2) is 0 Å². The van der Waals surface area contributed by atoms with Gasteiger partial charge in [-0.1, -0.05) is 0 Å². The van der Waals surface area contributed by atoms with E-state index in [4.69, 9.17) is 4.74 Å². The number of aryl methyl sites for hydroxylation is 1. The summed E-state index contributed by atoms with van der Waals surface area (Å²) in [5, 5.41) is 14.2. The summed E-state index contributed by atoms with van der Waals surface area (Å²) in [6.45, 7) is 1.72. The van der Waals surface area contributed by atoms with E-state index in [1.807, 2.05) is 0 Å². The second-order valence-electron chi connectivity index (χ2n) is 5.05. The molecule has 0 amide bonds. The van der Waals surface area contributed by atoms with Crippen molar-refractivity contribution >= 4 is 0 Å². The lowest BCUT2D eigenvalue weighted by Gasteiger charge is -2.20. The number of ether oxygens (including phenoxy) is 1. The van der Waals surface area contributed by atoms with Gasteiger partial charge in [-0.15, -0.1) is 0 Å². The highest BCUT2D eigenvalue weighted by Gasteiger charge is 2.23. The van der Waals surface area contributed by atoms with Gasteiger partial charge in [0.1, 0.15) is 12.1 Å². The minimum absolute atomic E-state index is 0.470. The number of aliphatic hydroxyl groups excluding tert-OH is 1. The van der Waals surface area contributed by atoms with Crippen LogP contribution in [0, 0.1) is 5.92 Å². The zero-order valence-corrected chi connectivity index (χ0v) is 10.0. The molecule has 1 N–H and O–H groups in total. The van der Waals surface area contributed by atoms with Gasteiger partial charge in [-0.3, -0.25) is 0 Å². The minimum atomic E-state index is -0.470. The van der Waals surface area contributed by atoms with Crippen LogP contribution < -0.4 is 0 Å². The molecular formula is C12H19N3O2. The fourth-order valence-electron chi connectivity index (χ4n) is 2.69. The summed E-state index contributed by atoms with van der Waals surface area (Å²) in [5.74, 6) is 2.36. The highest BCUT2D eigenvalue weighted by molar-refractivity contribution is 4.98. The maximum atomic E-state index is 9.82. The summed E-state index contributed by atoms with van der Waals surface area (Å²) in [6.07, 6.45) is 5.49. The Morgan fingerprint density at radius 2 is 2.29 bits per heavy atom. The number of rotatable bonds is 2. The van der Waals surface area contributed by atoms with E-state index < -0.39 is 6.23 Å². The zero-order valence-electron chi connectivity index (χ0n) is 10.0. The van der Waals surface area contributed by atoms with Crippen LogP contribution in [0.3, 0.4) is 0 Å². The van der Waals surface area contributed by atoms with E-state index >= 15 is 0 Å². The van der Waals surface area contributed by atoms with Crippen LogP contribution in [0.4, 0.5) is 0 Å². The van der Waals surface area contributed by atoms with Crippen molar-refractivity contribution in [2.45, 2.75) is 44.8 Å². The van der Waals surface area contributed by atoms with E-state index in [9.17, 15) is 5.11 Å². The molecule has 2 aliphatic heterocycles. The molecule has 5 nitrogen and oxygen atoms in total. The van der Waals surface area contributed by atoms with Gasteiger partial charge in [-0.2, -0.15) is 5.10 Å². The van der Waals surface area contributed by atoms with E-state index in [-0.39, 0.29) is 0 Å². The molecule has 3 heterocycles. The van der Waals surface area contributed by atoms with Crippen LogP contribution in [0.1, 0.15) is 43.6 Å². The fraction of sp³-hybridized carbons (Fsp3) is 0.833. The van der Waals surface area contributed by atoms with E-state index in [1.165, 1.54) is 6.42 Å². The summed E-state index contributed by atoms with van der Waals surface area (Å²) in [7, 11) is 0.